The molecule has 0 bridgehead atoms. The third kappa shape index (κ3) is 17.0. The number of carbonyl (C=O) groups is 2. The van der Waals surface area contributed by atoms with Crippen LogP contribution in [0.25, 0.3) is 11.1 Å². The summed E-state index contributed by atoms with van der Waals surface area (Å²) in [6.07, 6.45) is -11.2. The van der Waals surface area contributed by atoms with Crippen LogP contribution in [-0.4, -0.2) is 185 Å². The Morgan fingerprint density at radius 1 is 0.703 bits per heavy atom. The first-order valence-electron chi connectivity index (χ1n) is 20.7. The Kier molecular flexibility index (Phi) is 22.6. The molecule has 2 aromatic carbocycles. The van der Waals surface area contributed by atoms with E-state index in [1.165, 1.54) is 4.90 Å². The predicted molar refractivity (Wildman–Crippen MR) is 237 cm³/mol. The summed E-state index contributed by atoms with van der Waals surface area (Å²) in [7, 11) is 0. The number of aliphatic hydroxyl groups excluding tert-OH is 10. The highest BCUT2D eigenvalue weighted by atomic mass is 35.5. The Morgan fingerprint density at radius 3 is 1.69 bits per heavy atom. The minimum atomic E-state index is -1.94. The van der Waals surface area contributed by atoms with Gasteiger partial charge in [0.15, 0.2) is 28.4 Å². The minimum Gasteiger partial charge on any atom is -0.394 e. The van der Waals surface area contributed by atoms with Gasteiger partial charge >= 0.3 is 0 Å². The van der Waals surface area contributed by atoms with Crippen LogP contribution in [-0.2, 0) is 17.6 Å². The van der Waals surface area contributed by atoms with E-state index in [4.69, 9.17) is 44.7 Å². The fourth-order valence-electron chi connectivity index (χ4n) is 6.41. The van der Waals surface area contributed by atoms with Gasteiger partial charge in [-0.1, -0.05) is 60.1 Å². The summed E-state index contributed by atoms with van der Waals surface area (Å²) in [6.45, 7) is -2.14. The Balaban J connectivity index is 1.42. The number of aromatic nitrogens is 2. The molecular formula is C41H63ClN10O12. The van der Waals surface area contributed by atoms with Crippen LogP contribution in [0.3, 0.4) is 0 Å². The zero-order valence-electron chi connectivity index (χ0n) is 35.3. The van der Waals surface area contributed by atoms with Crippen LogP contribution in [0.2, 0.25) is 5.15 Å². The molecule has 3 rings (SSSR count). The monoisotopic (exact) mass is 922 g/mol. The number of aliphatic hydroxyl groups is 10. The van der Waals surface area contributed by atoms with E-state index in [2.05, 4.69) is 37.7 Å². The van der Waals surface area contributed by atoms with Gasteiger partial charge in [-0.05, 0) is 60.8 Å². The third-order valence-electron chi connectivity index (χ3n) is 10.3. The number of nitrogens with zero attached hydrogens (tertiary/aromatic N) is 4. The van der Waals surface area contributed by atoms with E-state index >= 15 is 0 Å². The zero-order valence-corrected chi connectivity index (χ0v) is 36.0. The summed E-state index contributed by atoms with van der Waals surface area (Å²) in [5, 5.41) is 104. The van der Waals surface area contributed by atoms with Gasteiger partial charge < -0.3 is 79.3 Å². The van der Waals surface area contributed by atoms with Crippen molar-refractivity contribution in [3.05, 3.63) is 70.5 Å². The molecule has 20 N–H and O–H groups in total. The van der Waals surface area contributed by atoms with Crippen LogP contribution in [0.15, 0.2) is 53.5 Å². The Morgan fingerprint density at radius 2 is 1.19 bits per heavy atom. The summed E-state index contributed by atoms with van der Waals surface area (Å²) >= 11 is 5.83. The van der Waals surface area contributed by atoms with E-state index in [9.17, 15) is 50.4 Å². The molecule has 0 spiro atoms. The molecule has 1 aromatic heterocycles. The average Bonchev–Trinajstić information content (AvgIpc) is 3.28. The molecule has 356 valence electrons. The summed E-state index contributed by atoms with van der Waals surface area (Å²) in [4.78, 5) is 38.3. The number of hydrogen-bond acceptors (Lipinski definition) is 19. The molecule has 2 amide bonds. The van der Waals surface area contributed by atoms with Gasteiger partial charge in [0.25, 0.3) is 5.91 Å². The average molecular weight is 923 g/mol. The Labute approximate surface area is 375 Å². The normalized spacial score (nSPS) is 16.3. The van der Waals surface area contributed by atoms with Crippen LogP contribution in [0.1, 0.15) is 47.3 Å². The molecule has 22 nitrogen and oxygen atoms in total. The van der Waals surface area contributed by atoms with Crippen LogP contribution in [0.4, 0.5) is 11.6 Å². The molecule has 0 saturated carbocycles. The number of nitrogens with one attached hydrogen (secondary N) is 2. The molecule has 9 unspecified atom stereocenters. The SMILES string of the molecule is NC(=NCCCCc1ccc(-c2ccc(CCCNC(=O)C(N)CCN(CC(O)C(O)C(O)C(O)CO)CC(O)C(O)C(O)C(O)CO)cc2)cc1)NC(=O)c1nc(Cl)c(N)nc1N. The highest BCUT2D eigenvalue weighted by molar-refractivity contribution is 6.31. The number of guanidine groups is 1. The lowest BCUT2D eigenvalue weighted by Gasteiger charge is -2.33. The summed E-state index contributed by atoms with van der Waals surface area (Å²) in [5.74, 6) is -1.55. The van der Waals surface area contributed by atoms with Crippen molar-refractivity contribution in [1.29, 1.82) is 0 Å². The first-order chi connectivity index (χ1) is 30.4. The predicted octanol–water partition coefficient (Wildman–Crippen LogP) is -4.03. The van der Waals surface area contributed by atoms with Crippen molar-refractivity contribution < 1.29 is 60.7 Å². The van der Waals surface area contributed by atoms with E-state index < -0.39 is 93.0 Å². The van der Waals surface area contributed by atoms with Crippen LogP contribution < -0.4 is 33.6 Å². The molecule has 0 aliphatic rings. The van der Waals surface area contributed by atoms with Crippen molar-refractivity contribution in [2.75, 3.05) is 57.4 Å². The molecule has 0 fully saturated rings. The molecule has 1 heterocycles. The lowest BCUT2D eigenvalue weighted by Crippen LogP contribution is -2.54. The van der Waals surface area contributed by atoms with Gasteiger partial charge in [0, 0.05) is 32.7 Å². The van der Waals surface area contributed by atoms with Gasteiger partial charge in [-0.15, -0.1) is 0 Å². The topological polar surface area (TPSA) is 406 Å². The molecule has 3 aromatic rings. The molecule has 9 atom stereocenters. The first kappa shape index (κ1) is 53.7. The number of unbranched alkanes of at least 4 members (excludes halogenated alkanes) is 1. The second kappa shape index (κ2) is 27.0. The number of nitrogens with two attached hydrogens (primary N) is 4. The quantitative estimate of drug-likeness (QED) is 0.0197. The minimum absolute atomic E-state index is 0.0338. The number of rotatable bonds is 27. The van der Waals surface area contributed by atoms with Gasteiger partial charge in [-0.25, -0.2) is 9.97 Å². The second-order valence-electron chi connectivity index (χ2n) is 15.4. The van der Waals surface area contributed by atoms with E-state index in [0.29, 0.717) is 25.9 Å². The zero-order chi connectivity index (χ0) is 47.5. The summed E-state index contributed by atoms with van der Waals surface area (Å²) in [6, 6.07) is 15.2. The lowest BCUT2D eigenvalue weighted by molar-refractivity contribution is -0.130. The number of amides is 2. The first-order valence-corrected chi connectivity index (χ1v) is 21.0. The van der Waals surface area contributed by atoms with Crippen LogP contribution in [0, 0.1) is 0 Å². The Bertz CT molecular complexity index is 1890. The van der Waals surface area contributed by atoms with Crippen molar-refractivity contribution >= 4 is 41.0 Å². The van der Waals surface area contributed by atoms with E-state index in [1.807, 2.05) is 36.4 Å². The maximum atomic E-state index is 12.8. The van der Waals surface area contributed by atoms with Crippen LogP contribution >= 0.6 is 11.6 Å². The van der Waals surface area contributed by atoms with Crippen molar-refractivity contribution in [3.8, 4) is 11.1 Å². The van der Waals surface area contributed by atoms with E-state index in [-0.39, 0.29) is 41.4 Å². The smallest absolute Gasteiger partial charge is 0.280 e. The fourth-order valence-corrected chi connectivity index (χ4v) is 6.54. The van der Waals surface area contributed by atoms with Gasteiger partial charge in [0.1, 0.15) is 36.6 Å². The molecule has 23 heteroatoms. The summed E-state index contributed by atoms with van der Waals surface area (Å²) in [5.41, 5.74) is 27.3. The number of benzene rings is 2. The third-order valence-corrected chi connectivity index (χ3v) is 10.6. The molecule has 0 radical (unpaired) electrons. The highest BCUT2D eigenvalue weighted by Crippen LogP contribution is 2.22. The number of anilines is 2. The van der Waals surface area contributed by atoms with Gasteiger partial charge in [-0.2, -0.15) is 0 Å². The largest absolute Gasteiger partial charge is 0.394 e. The lowest BCUT2D eigenvalue weighted by atomic mass is 9.99. The van der Waals surface area contributed by atoms with Gasteiger partial charge in [0.2, 0.25) is 5.91 Å². The van der Waals surface area contributed by atoms with Crippen molar-refractivity contribution in [2.24, 2.45) is 16.5 Å². The number of nitrogen functional groups attached to an aromatic ring is 2. The summed E-state index contributed by atoms with van der Waals surface area (Å²) < 4.78 is 0. The van der Waals surface area contributed by atoms with Crippen LogP contribution in [0.5, 0.6) is 0 Å². The standard InChI is InChI=1S/C41H63ClN10O12/c42-36-38(45)50-37(44)31(49-36)40(64)51-41(46)48-15-2-1-4-22-6-10-24(11-7-22)25-12-8-23(9-13-25)5-3-16-47-39(63)26(43)14-17-52(18-27(55)32(59)34(61)29(57)20-53)19-28(56)33(60)35(62)30(58)21-54/h6-13,26-30,32-35,53-62H,1-5,14-21,43H2,(H,47,63)(H4,44,45,50)(H3,46,48,51,64). The number of aliphatic imine (C=N–C) groups is 1. The number of hydrogen-bond donors (Lipinski definition) is 16. The van der Waals surface area contributed by atoms with Gasteiger partial charge in [-0.3, -0.25) is 24.8 Å². The number of carbonyl (C=O) groups excluding carboxylic acids is 2. The molecule has 0 aliphatic heterocycles. The van der Waals surface area contributed by atoms with Crippen molar-refractivity contribution in [1.82, 2.24) is 25.5 Å². The van der Waals surface area contributed by atoms with Crippen molar-refractivity contribution in [2.45, 2.75) is 93.4 Å². The van der Waals surface area contributed by atoms with Crippen molar-refractivity contribution in [3.63, 3.8) is 0 Å². The molecular weight excluding hydrogens is 860 g/mol. The molecule has 0 saturated heterocycles. The fraction of sp³-hybridized carbons (Fsp3) is 0.537. The second-order valence-corrected chi connectivity index (χ2v) is 15.7. The van der Waals surface area contributed by atoms with E-state index in [1.54, 1.807) is 0 Å². The van der Waals surface area contributed by atoms with Gasteiger partial charge in [0.05, 0.1) is 31.5 Å². The maximum absolute atomic E-state index is 12.8. The number of halogens is 1. The van der Waals surface area contributed by atoms with E-state index in [0.717, 1.165) is 41.5 Å². The molecule has 64 heavy (non-hydrogen) atoms. The Hall–Kier alpha value is -4.66. The maximum Gasteiger partial charge on any atom is 0.280 e. The number of aryl methyl sites for hydroxylation is 2. The molecule has 0 aliphatic carbocycles. The highest BCUT2D eigenvalue weighted by Gasteiger charge is 2.34.